The molecule has 2 aromatic heterocycles. The van der Waals surface area contributed by atoms with E-state index in [0.29, 0.717) is 23.3 Å². The summed E-state index contributed by atoms with van der Waals surface area (Å²) in [6.45, 7) is 6.08. The number of amides is 1. The van der Waals surface area contributed by atoms with Crippen molar-refractivity contribution in [3.8, 4) is 17.2 Å². The summed E-state index contributed by atoms with van der Waals surface area (Å²) in [5.74, 6) is 2.41. The van der Waals surface area contributed by atoms with E-state index in [4.69, 9.17) is 9.97 Å². The first-order valence-electron chi connectivity index (χ1n) is 13.7. The number of fused-ring (bicyclic) bond motifs is 1. The van der Waals surface area contributed by atoms with Crippen LogP contribution in [0.5, 0.6) is 0 Å². The van der Waals surface area contributed by atoms with E-state index in [9.17, 15) is 10.1 Å². The summed E-state index contributed by atoms with van der Waals surface area (Å²) in [7, 11) is 0. The number of pyridine rings is 2. The molecule has 3 aromatic rings. The van der Waals surface area contributed by atoms with E-state index < -0.39 is 0 Å². The largest absolute Gasteiger partial charge is 0.352 e. The van der Waals surface area contributed by atoms with E-state index in [2.05, 4.69) is 40.6 Å². The van der Waals surface area contributed by atoms with Gasteiger partial charge in [0.2, 0.25) is 5.91 Å². The molecule has 7 rings (SSSR count). The number of piperazine rings is 1. The molecule has 4 fully saturated rings. The number of hydrogen-bond donors (Lipinski definition) is 0. The normalized spacial score (nSPS) is 21.6. The Labute approximate surface area is 217 Å². The SMILES string of the molecule is C=Cc1ccc2c(-c3cc(C#N)c(N4CCN(C(=O)C5CC5)[C@H](C5CC5)C4)nc3C3CC3)cccc2n1. The molecule has 37 heavy (non-hydrogen) atoms. The van der Waals surface area contributed by atoms with Gasteiger partial charge in [-0.15, -0.1) is 0 Å². The maximum Gasteiger partial charge on any atom is 0.226 e. The van der Waals surface area contributed by atoms with Crippen molar-refractivity contribution in [1.29, 1.82) is 5.26 Å². The number of nitriles is 1. The molecule has 1 atom stereocenters. The molecule has 1 aromatic carbocycles. The Balaban J connectivity index is 1.28. The maximum absolute atomic E-state index is 13.0. The van der Waals surface area contributed by atoms with Crippen molar-refractivity contribution in [3.05, 3.63) is 59.9 Å². The van der Waals surface area contributed by atoms with Gasteiger partial charge in [0.05, 0.1) is 28.5 Å². The van der Waals surface area contributed by atoms with E-state index in [1.54, 1.807) is 6.08 Å². The van der Waals surface area contributed by atoms with Crippen LogP contribution in [-0.4, -0.2) is 46.5 Å². The predicted molar refractivity (Wildman–Crippen MR) is 145 cm³/mol. The highest BCUT2D eigenvalue weighted by Crippen LogP contribution is 2.47. The van der Waals surface area contributed by atoms with Crippen LogP contribution < -0.4 is 4.90 Å². The van der Waals surface area contributed by atoms with Crippen LogP contribution in [0, 0.1) is 23.2 Å². The second-order valence-corrected chi connectivity index (χ2v) is 11.1. The van der Waals surface area contributed by atoms with Crippen molar-refractivity contribution < 1.29 is 4.79 Å². The van der Waals surface area contributed by atoms with Gasteiger partial charge in [-0.2, -0.15) is 5.26 Å². The molecule has 0 radical (unpaired) electrons. The molecule has 4 aliphatic rings. The molecule has 6 nitrogen and oxygen atoms in total. The van der Waals surface area contributed by atoms with Gasteiger partial charge in [0, 0.05) is 42.4 Å². The molecule has 3 saturated carbocycles. The number of anilines is 1. The lowest BCUT2D eigenvalue weighted by Gasteiger charge is -2.43. The quantitative estimate of drug-likeness (QED) is 0.455. The van der Waals surface area contributed by atoms with Crippen molar-refractivity contribution in [2.45, 2.75) is 50.5 Å². The molecule has 0 bridgehead atoms. The van der Waals surface area contributed by atoms with Gasteiger partial charge >= 0.3 is 0 Å². The van der Waals surface area contributed by atoms with Crippen LogP contribution in [0.4, 0.5) is 5.82 Å². The summed E-state index contributed by atoms with van der Waals surface area (Å²) in [5.41, 5.74) is 5.60. The number of carbonyl (C=O) groups excluding carboxylic acids is 1. The zero-order valence-electron chi connectivity index (χ0n) is 21.1. The van der Waals surface area contributed by atoms with Crippen LogP contribution in [-0.2, 0) is 4.79 Å². The highest BCUT2D eigenvalue weighted by Gasteiger charge is 2.45. The van der Waals surface area contributed by atoms with E-state index >= 15 is 0 Å². The Kier molecular flexibility index (Phi) is 5.28. The first-order valence-corrected chi connectivity index (χ1v) is 13.7. The Hall–Kier alpha value is -3.72. The average molecular weight is 490 g/mol. The van der Waals surface area contributed by atoms with Crippen LogP contribution in [0.2, 0.25) is 0 Å². The molecule has 0 N–H and O–H groups in total. The lowest BCUT2D eigenvalue weighted by atomic mass is 9.95. The smallest absolute Gasteiger partial charge is 0.226 e. The Morgan fingerprint density at radius 3 is 2.57 bits per heavy atom. The van der Waals surface area contributed by atoms with Gasteiger partial charge in [0.15, 0.2) is 0 Å². The fraction of sp³-hybridized carbons (Fsp3) is 0.419. The van der Waals surface area contributed by atoms with E-state index in [1.807, 2.05) is 18.2 Å². The predicted octanol–water partition coefficient (Wildman–Crippen LogP) is 5.53. The zero-order chi connectivity index (χ0) is 25.1. The summed E-state index contributed by atoms with van der Waals surface area (Å²) in [6, 6.07) is 15.0. The minimum Gasteiger partial charge on any atom is -0.352 e. The Morgan fingerprint density at radius 2 is 1.86 bits per heavy atom. The summed E-state index contributed by atoms with van der Waals surface area (Å²) < 4.78 is 0. The third-order valence-corrected chi connectivity index (χ3v) is 8.46. The van der Waals surface area contributed by atoms with Crippen molar-refractivity contribution in [2.75, 3.05) is 24.5 Å². The van der Waals surface area contributed by atoms with Gasteiger partial charge in [-0.1, -0.05) is 24.8 Å². The monoisotopic (exact) mass is 489 g/mol. The molecule has 3 aliphatic carbocycles. The van der Waals surface area contributed by atoms with Crippen molar-refractivity contribution in [2.24, 2.45) is 11.8 Å². The standard InChI is InChI=1S/C31H31N5O/c1-2-23-12-13-25-24(4-3-5-27(25)33-23)26-16-22(17-32)30(34-29(26)20-8-9-20)35-14-15-36(31(37)21-10-11-21)28(18-35)19-6-7-19/h2-5,12-13,16,19-21,28H,1,6-11,14-15,18H2/t28-/m0/s1. The molecule has 1 saturated heterocycles. The number of benzene rings is 1. The van der Waals surface area contributed by atoms with Gasteiger partial charge in [-0.3, -0.25) is 4.79 Å². The van der Waals surface area contributed by atoms with E-state index in [0.717, 1.165) is 84.6 Å². The van der Waals surface area contributed by atoms with Gasteiger partial charge in [0.1, 0.15) is 11.9 Å². The second-order valence-electron chi connectivity index (χ2n) is 11.1. The van der Waals surface area contributed by atoms with Crippen LogP contribution in [0.1, 0.15) is 61.4 Å². The summed E-state index contributed by atoms with van der Waals surface area (Å²) in [6.07, 6.45) is 8.50. The summed E-state index contributed by atoms with van der Waals surface area (Å²) >= 11 is 0. The molecule has 6 heteroatoms. The average Bonchev–Trinajstić information content (AvgIpc) is 3.80. The van der Waals surface area contributed by atoms with Crippen LogP contribution in [0.25, 0.3) is 28.1 Å². The maximum atomic E-state index is 13.0. The third-order valence-electron chi connectivity index (χ3n) is 8.46. The molecule has 1 aliphatic heterocycles. The van der Waals surface area contributed by atoms with Gasteiger partial charge in [0.25, 0.3) is 0 Å². The minimum absolute atomic E-state index is 0.238. The van der Waals surface area contributed by atoms with Gasteiger partial charge < -0.3 is 9.80 Å². The zero-order valence-corrected chi connectivity index (χ0v) is 21.1. The topological polar surface area (TPSA) is 73.1 Å². The van der Waals surface area contributed by atoms with Crippen LogP contribution in [0.15, 0.2) is 43.0 Å². The summed E-state index contributed by atoms with van der Waals surface area (Å²) in [4.78, 5) is 27.4. The Morgan fingerprint density at radius 1 is 1.03 bits per heavy atom. The first kappa shape index (κ1) is 22.5. The molecule has 0 unspecified atom stereocenters. The number of hydrogen-bond acceptors (Lipinski definition) is 5. The number of carbonyl (C=O) groups is 1. The van der Waals surface area contributed by atoms with E-state index in [-0.39, 0.29) is 12.0 Å². The first-order chi connectivity index (χ1) is 18.1. The highest BCUT2D eigenvalue weighted by molar-refractivity contribution is 5.96. The van der Waals surface area contributed by atoms with Crippen LogP contribution in [0.3, 0.4) is 0 Å². The van der Waals surface area contributed by atoms with Crippen molar-refractivity contribution in [1.82, 2.24) is 14.9 Å². The van der Waals surface area contributed by atoms with Gasteiger partial charge in [-0.05, 0) is 74.3 Å². The highest BCUT2D eigenvalue weighted by atomic mass is 16.2. The molecule has 0 spiro atoms. The lowest BCUT2D eigenvalue weighted by Crippen LogP contribution is -2.57. The molecule has 1 amide bonds. The number of aromatic nitrogens is 2. The molecular formula is C31H31N5O. The number of nitrogens with zero attached hydrogens (tertiary/aromatic N) is 5. The summed E-state index contributed by atoms with van der Waals surface area (Å²) in [5, 5.41) is 11.3. The Bertz CT molecular complexity index is 1460. The molecule has 3 heterocycles. The molecule has 186 valence electrons. The lowest BCUT2D eigenvalue weighted by molar-refractivity contribution is -0.135. The fourth-order valence-electron chi connectivity index (χ4n) is 5.97. The van der Waals surface area contributed by atoms with E-state index in [1.165, 1.54) is 12.8 Å². The minimum atomic E-state index is 0.238. The van der Waals surface area contributed by atoms with Crippen molar-refractivity contribution in [3.63, 3.8) is 0 Å². The fourth-order valence-corrected chi connectivity index (χ4v) is 5.97. The van der Waals surface area contributed by atoms with Gasteiger partial charge in [-0.25, -0.2) is 9.97 Å². The third kappa shape index (κ3) is 4.07. The second kappa shape index (κ2) is 8.69. The molecular weight excluding hydrogens is 458 g/mol. The number of rotatable bonds is 6. The van der Waals surface area contributed by atoms with Crippen LogP contribution >= 0.6 is 0 Å². The van der Waals surface area contributed by atoms with Crippen molar-refractivity contribution >= 4 is 28.7 Å².